The minimum atomic E-state index is -1.01. The van der Waals surface area contributed by atoms with E-state index in [-0.39, 0.29) is 24.3 Å². The SMILES string of the molecule is CC(C)C(NC(=O)C1COc2ccccc2C1)C(=O)O. The Kier molecular flexibility index (Phi) is 4.27. The van der Waals surface area contributed by atoms with Crippen LogP contribution in [0.1, 0.15) is 19.4 Å². The van der Waals surface area contributed by atoms with Crippen molar-refractivity contribution >= 4 is 11.9 Å². The van der Waals surface area contributed by atoms with Crippen molar-refractivity contribution in [3.05, 3.63) is 29.8 Å². The molecule has 0 aromatic heterocycles. The van der Waals surface area contributed by atoms with E-state index in [0.29, 0.717) is 6.42 Å². The number of benzene rings is 1. The molecule has 1 amide bonds. The van der Waals surface area contributed by atoms with E-state index in [1.165, 1.54) is 0 Å². The number of hydrogen-bond acceptors (Lipinski definition) is 3. The number of rotatable bonds is 4. The van der Waals surface area contributed by atoms with Crippen LogP contribution in [0.2, 0.25) is 0 Å². The molecule has 1 heterocycles. The number of amides is 1. The molecule has 2 rings (SSSR count). The van der Waals surface area contributed by atoms with Gasteiger partial charge in [0.2, 0.25) is 5.91 Å². The maximum atomic E-state index is 12.2. The normalized spacial score (nSPS) is 18.9. The highest BCUT2D eigenvalue weighted by Gasteiger charge is 2.30. The van der Waals surface area contributed by atoms with Gasteiger partial charge < -0.3 is 15.2 Å². The molecule has 0 fully saturated rings. The Bertz CT molecular complexity index is 512. The van der Waals surface area contributed by atoms with Crippen molar-refractivity contribution in [1.29, 1.82) is 0 Å². The Morgan fingerprint density at radius 2 is 2.05 bits per heavy atom. The standard InChI is InChI=1S/C15H19NO4/c1-9(2)13(15(18)19)16-14(17)11-7-10-5-3-4-6-12(10)20-8-11/h3-6,9,11,13H,7-8H2,1-2H3,(H,16,17)(H,18,19). The number of carboxylic acids is 1. The highest BCUT2D eigenvalue weighted by atomic mass is 16.5. The van der Waals surface area contributed by atoms with Crippen LogP contribution in [0.3, 0.4) is 0 Å². The van der Waals surface area contributed by atoms with Crippen LogP contribution in [0.5, 0.6) is 5.75 Å². The molecule has 0 saturated carbocycles. The molecule has 20 heavy (non-hydrogen) atoms. The molecule has 0 aliphatic carbocycles. The second kappa shape index (κ2) is 5.94. The molecule has 1 aromatic carbocycles. The summed E-state index contributed by atoms with van der Waals surface area (Å²) in [6.07, 6.45) is 0.576. The fourth-order valence-electron chi connectivity index (χ4n) is 2.28. The topological polar surface area (TPSA) is 75.6 Å². The molecule has 2 unspecified atom stereocenters. The van der Waals surface area contributed by atoms with E-state index < -0.39 is 12.0 Å². The number of nitrogens with one attached hydrogen (secondary N) is 1. The zero-order valence-electron chi connectivity index (χ0n) is 11.6. The van der Waals surface area contributed by atoms with E-state index in [4.69, 9.17) is 9.84 Å². The first-order chi connectivity index (χ1) is 9.49. The predicted octanol–water partition coefficient (Wildman–Crippen LogP) is 1.46. The Balaban J connectivity index is 2.03. The monoisotopic (exact) mass is 277 g/mol. The molecule has 0 radical (unpaired) electrons. The van der Waals surface area contributed by atoms with Gasteiger partial charge in [0, 0.05) is 0 Å². The Labute approximate surface area is 117 Å². The molecule has 108 valence electrons. The Morgan fingerprint density at radius 1 is 1.35 bits per heavy atom. The second-order valence-electron chi connectivity index (χ2n) is 5.39. The zero-order valence-corrected chi connectivity index (χ0v) is 11.6. The van der Waals surface area contributed by atoms with Gasteiger partial charge in [0.1, 0.15) is 18.4 Å². The lowest BCUT2D eigenvalue weighted by Crippen LogP contribution is -2.48. The Hall–Kier alpha value is -2.04. The third-order valence-corrected chi connectivity index (χ3v) is 3.48. The number of hydrogen-bond donors (Lipinski definition) is 2. The first kappa shape index (κ1) is 14.4. The fourth-order valence-corrected chi connectivity index (χ4v) is 2.28. The van der Waals surface area contributed by atoms with Gasteiger partial charge in [-0.3, -0.25) is 4.79 Å². The van der Waals surface area contributed by atoms with Crippen molar-refractivity contribution < 1.29 is 19.4 Å². The highest BCUT2D eigenvalue weighted by Crippen LogP contribution is 2.26. The van der Waals surface area contributed by atoms with E-state index in [1.54, 1.807) is 13.8 Å². The lowest BCUT2D eigenvalue weighted by atomic mass is 9.95. The van der Waals surface area contributed by atoms with Crippen LogP contribution < -0.4 is 10.1 Å². The first-order valence-corrected chi connectivity index (χ1v) is 6.73. The average molecular weight is 277 g/mol. The number of carboxylic acid groups (broad SMARTS) is 1. The van der Waals surface area contributed by atoms with E-state index in [1.807, 2.05) is 24.3 Å². The molecule has 0 bridgehead atoms. The van der Waals surface area contributed by atoms with Crippen LogP contribution in [-0.2, 0) is 16.0 Å². The number of ether oxygens (including phenoxy) is 1. The average Bonchev–Trinajstić information content (AvgIpc) is 2.43. The van der Waals surface area contributed by atoms with Gasteiger partial charge in [0.05, 0.1) is 5.92 Å². The summed E-state index contributed by atoms with van der Waals surface area (Å²) in [5.74, 6) is -0.972. The van der Waals surface area contributed by atoms with Crippen LogP contribution in [0.15, 0.2) is 24.3 Å². The molecule has 5 nitrogen and oxygen atoms in total. The van der Waals surface area contributed by atoms with Gasteiger partial charge in [-0.25, -0.2) is 4.79 Å². The van der Waals surface area contributed by atoms with E-state index >= 15 is 0 Å². The Morgan fingerprint density at radius 3 is 2.70 bits per heavy atom. The molecule has 1 aliphatic heterocycles. The minimum Gasteiger partial charge on any atom is -0.492 e. The number of fused-ring (bicyclic) bond motifs is 1. The van der Waals surface area contributed by atoms with Crippen LogP contribution >= 0.6 is 0 Å². The maximum Gasteiger partial charge on any atom is 0.326 e. The van der Waals surface area contributed by atoms with Crippen LogP contribution in [0.25, 0.3) is 0 Å². The minimum absolute atomic E-state index is 0.159. The summed E-state index contributed by atoms with van der Waals surface area (Å²) < 4.78 is 5.55. The molecule has 1 aromatic rings. The summed E-state index contributed by atoms with van der Waals surface area (Å²) in [5, 5.41) is 11.7. The summed E-state index contributed by atoms with van der Waals surface area (Å²) >= 11 is 0. The lowest BCUT2D eigenvalue weighted by Gasteiger charge is -2.26. The zero-order chi connectivity index (χ0) is 14.7. The number of para-hydroxylation sites is 1. The first-order valence-electron chi connectivity index (χ1n) is 6.73. The molecular formula is C15H19NO4. The van der Waals surface area contributed by atoms with Gasteiger partial charge in [0.15, 0.2) is 0 Å². The fraction of sp³-hybridized carbons (Fsp3) is 0.467. The van der Waals surface area contributed by atoms with Crippen molar-refractivity contribution in [3.63, 3.8) is 0 Å². The quantitative estimate of drug-likeness (QED) is 0.873. The lowest BCUT2D eigenvalue weighted by molar-refractivity contribution is -0.144. The molecular weight excluding hydrogens is 258 g/mol. The summed E-state index contributed by atoms with van der Waals surface area (Å²) in [7, 11) is 0. The molecule has 0 spiro atoms. The maximum absolute atomic E-state index is 12.2. The van der Waals surface area contributed by atoms with Gasteiger partial charge in [-0.05, 0) is 24.0 Å². The smallest absolute Gasteiger partial charge is 0.326 e. The van der Waals surface area contributed by atoms with Gasteiger partial charge >= 0.3 is 5.97 Å². The largest absolute Gasteiger partial charge is 0.492 e. The van der Waals surface area contributed by atoms with Crippen molar-refractivity contribution in [2.75, 3.05) is 6.61 Å². The van der Waals surface area contributed by atoms with Crippen LogP contribution in [0.4, 0.5) is 0 Å². The van der Waals surface area contributed by atoms with Gasteiger partial charge in [0.25, 0.3) is 0 Å². The van der Waals surface area contributed by atoms with Crippen molar-refractivity contribution in [1.82, 2.24) is 5.32 Å². The van der Waals surface area contributed by atoms with E-state index in [2.05, 4.69) is 5.32 Å². The van der Waals surface area contributed by atoms with Gasteiger partial charge in [-0.15, -0.1) is 0 Å². The predicted molar refractivity (Wildman–Crippen MR) is 73.5 cm³/mol. The van der Waals surface area contributed by atoms with E-state index in [0.717, 1.165) is 11.3 Å². The summed E-state index contributed by atoms with van der Waals surface area (Å²) in [5.41, 5.74) is 0.982. The molecule has 2 N–H and O–H groups in total. The molecule has 2 atom stereocenters. The van der Waals surface area contributed by atoms with Crippen molar-refractivity contribution in [2.45, 2.75) is 26.3 Å². The molecule has 1 aliphatic rings. The second-order valence-corrected chi connectivity index (χ2v) is 5.39. The summed E-state index contributed by atoms with van der Waals surface area (Å²) in [4.78, 5) is 23.3. The third kappa shape index (κ3) is 3.10. The van der Waals surface area contributed by atoms with Crippen LogP contribution in [0, 0.1) is 11.8 Å². The van der Waals surface area contributed by atoms with Gasteiger partial charge in [-0.1, -0.05) is 32.0 Å². The molecule has 0 saturated heterocycles. The molecule has 5 heteroatoms. The van der Waals surface area contributed by atoms with Crippen molar-refractivity contribution in [3.8, 4) is 5.75 Å². The summed E-state index contributed by atoms with van der Waals surface area (Å²) in [6.45, 7) is 3.82. The third-order valence-electron chi connectivity index (χ3n) is 3.48. The number of carbonyl (C=O) groups is 2. The van der Waals surface area contributed by atoms with Crippen LogP contribution in [-0.4, -0.2) is 29.6 Å². The van der Waals surface area contributed by atoms with E-state index in [9.17, 15) is 9.59 Å². The number of carbonyl (C=O) groups excluding carboxylic acids is 1. The van der Waals surface area contributed by atoms with Crippen molar-refractivity contribution in [2.24, 2.45) is 11.8 Å². The highest BCUT2D eigenvalue weighted by molar-refractivity contribution is 5.85. The number of aliphatic carboxylic acids is 1. The van der Waals surface area contributed by atoms with Gasteiger partial charge in [-0.2, -0.15) is 0 Å². The summed E-state index contributed by atoms with van der Waals surface area (Å²) in [6, 6.07) is 6.72.